The highest BCUT2D eigenvalue weighted by Gasteiger charge is 2.10. The molecule has 1 aliphatic rings. The first-order valence-electron chi connectivity index (χ1n) is 6.30. The van der Waals surface area contributed by atoms with Crippen molar-refractivity contribution in [1.82, 2.24) is 15.2 Å². The minimum Gasteiger partial charge on any atom is -0.379 e. The van der Waals surface area contributed by atoms with Crippen LogP contribution in [0.25, 0.3) is 0 Å². The van der Waals surface area contributed by atoms with Crippen LogP contribution in [-0.4, -0.2) is 55.2 Å². The highest BCUT2D eigenvalue weighted by atomic mass is 16.5. The number of pyridine rings is 1. The zero-order valence-corrected chi connectivity index (χ0v) is 10.5. The molecule has 5 heteroatoms. The summed E-state index contributed by atoms with van der Waals surface area (Å²) in [5.41, 5.74) is 0.946. The van der Waals surface area contributed by atoms with Gasteiger partial charge in [0.1, 0.15) is 0 Å². The van der Waals surface area contributed by atoms with Crippen LogP contribution in [0.15, 0.2) is 24.5 Å². The number of nitrogens with zero attached hydrogens (tertiary/aromatic N) is 2. The Labute approximate surface area is 107 Å². The van der Waals surface area contributed by atoms with Gasteiger partial charge in [0.2, 0.25) is 5.91 Å². The molecule has 0 spiro atoms. The van der Waals surface area contributed by atoms with Gasteiger partial charge < -0.3 is 10.1 Å². The molecule has 1 aliphatic heterocycles. The van der Waals surface area contributed by atoms with Gasteiger partial charge in [-0.05, 0) is 11.6 Å². The molecule has 0 saturated carbocycles. The molecular weight excluding hydrogens is 230 g/mol. The second-order valence-corrected chi connectivity index (χ2v) is 4.34. The molecule has 0 bridgehead atoms. The first kappa shape index (κ1) is 13.0. The summed E-state index contributed by atoms with van der Waals surface area (Å²) in [6.07, 6.45) is 3.83. The fourth-order valence-corrected chi connectivity index (χ4v) is 1.93. The molecule has 2 rings (SSSR count). The van der Waals surface area contributed by atoms with Gasteiger partial charge in [-0.15, -0.1) is 0 Å². The van der Waals surface area contributed by atoms with E-state index in [4.69, 9.17) is 4.74 Å². The Kier molecular flexibility index (Phi) is 5.11. The Hall–Kier alpha value is -1.46. The van der Waals surface area contributed by atoms with Crippen molar-refractivity contribution in [1.29, 1.82) is 0 Å². The number of hydrogen-bond donors (Lipinski definition) is 1. The summed E-state index contributed by atoms with van der Waals surface area (Å²) in [6, 6.07) is 3.75. The number of nitrogens with one attached hydrogen (secondary N) is 1. The van der Waals surface area contributed by atoms with E-state index in [9.17, 15) is 4.79 Å². The molecular formula is C13H19N3O2. The lowest BCUT2D eigenvalue weighted by atomic mass is 10.2. The number of rotatable bonds is 5. The van der Waals surface area contributed by atoms with Gasteiger partial charge in [0.05, 0.1) is 19.6 Å². The van der Waals surface area contributed by atoms with E-state index in [0.29, 0.717) is 13.0 Å². The van der Waals surface area contributed by atoms with E-state index < -0.39 is 0 Å². The van der Waals surface area contributed by atoms with Crippen LogP contribution in [0.4, 0.5) is 0 Å². The van der Waals surface area contributed by atoms with Gasteiger partial charge in [-0.25, -0.2) is 0 Å². The lowest BCUT2D eigenvalue weighted by Gasteiger charge is -2.26. The molecule has 1 N–H and O–H groups in total. The molecule has 98 valence electrons. The molecule has 0 aromatic carbocycles. The van der Waals surface area contributed by atoms with E-state index in [0.717, 1.165) is 38.4 Å². The molecule has 18 heavy (non-hydrogen) atoms. The van der Waals surface area contributed by atoms with Crippen molar-refractivity contribution >= 4 is 5.91 Å². The number of aromatic nitrogens is 1. The van der Waals surface area contributed by atoms with Crippen molar-refractivity contribution in [3.05, 3.63) is 30.1 Å². The van der Waals surface area contributed by atoms with Crippen molar-refractivity contribution in [3.8, 4) is 0 Å². The number of carbonyl (C=O) groups is 1. The Morgan fingerprint density at radius 3 is 3.00 bits per heavy atom. The van der Waals surface area contributed by atoms with Gasteiger partial charge in [-0.1, -0.05) is 6.07 Å². The van der Waals surface area contributed by atoms with Gasteiger partial charge >= 0.3 is 0 Å². The summed E-state index contributed by atoms with van der Waals surface area (Å²) in [7, 11) is 0. The standard InChI is InChI=1S/C13H19N3O2/c17-13(10-12-2-1-3-14-11-12)15-4-5-16-6-8-18-9-7-16/h1-3,11H,4-10H2,(H,15,17). The summed E-state index contributed by atoms with van der Waals surface area (Å²) in [5.74, 6) is 0.0521. The predicted molar refractivity (Wildman–Crippen MR) is 68.2 cm³/mol. The van der Waals surface area contributed by atoms with E-state index in [1.165, 1.54) is 0 Å². The topological polar surface area (TPSA) is 54.5 Å². The quantitative estimate of drug-likeness (QED) is 0.802. The highest BCUT2D eigenvalue weighted by Crippen LogP contribution is 1.97. The van der Waals surface area contributed by atoms with Crippen molar-refractivity contribution < 1.29 is 9.53 Å². The largest absolute Gasteiger partial charge is 0.379 e. The molecule has 0 radical (unpaired) electrons. The molecule has 1 fully saturated rings. The van der Waals surface area contributed by atoms with Crippen LogP contribution in [0.3, 0.4) is 0 Å². The third-order valence-corrected chi connectivity index (χ3v) is 2.94. The Morgan fingerprint density at radius 1 is 1.44 bits per heavy atom. The van der Waals surface area contributed by atoms with Gasteiger partial charge in [0.25, 0.3) is 0 Å². The van der Waals surface area contributed by atoms with Crippen LogP contribution in [-0.2, 0) is 16.0 Å². The van der Waals surface area contributed by atoms with Crippen LogP contribution in [0.2, 0.25) is 0 Å². The van der Waals surface area contributed by atoms with Crippen molar-refractivity contribution in [2.45, 2.75) is 6.42 Å². The number of morpholine rings is 1. The molecule has 2 heterocycles. The van der Waals surface area contributed by atoms with Gasteiger partial charge in [0, 0.05) is 38.6 Å². The van der Waals surface area contributed by atoms with Crippen LogP contribution in [0.5, 0.6) is 0 Å². The Balaban J connectivity index is 1.62. The predicted octanol–water partition coefficient (Wildman–Crippen LogP) is 0.0725. The SMILES string of the molecule is O=C(Cc1cccnc1)NCCN1CCOCC1. The third kappa shape index (κ3) is 4.43. The molecule has 1 saturated heterocycles. The zero-order valence-electron chi connectivity index (χ0n) is 10.5. The molecule has 0 atom stereocenters. The third-order valence-electron chi connectivity index (χ3n) is 2.94. The van der Waals surface area contributed by atoms with E-state index in [2.05, 4.69) is 15.2 Å². The van der Waals surface area contributed by atoms with Crippen LogP contribution in [0, 0.1) is 0 Å². The van der Waals surface area contributed by atoms with Crippen LogP contribution in [0.1, 0.15) is 5.56 Å². The summed E-state index contributed by atoms with van der Waals surface area (Å²) in [5, 5.41) is 2.93. The number of hydrogen-bond acceptors (Lipinski definition) is 4. The number of amides is 1. The van der Waals surface area contributed by atoms with E-state index >= 15 is 0 Å². The summed E-state index contributed by atoms with van der Waals surface area (Å²) in [6.45, 7) is 5.09. The second-order valence-electron chi connectivity index (χ2n) is 4.34. The fourth-order valence-electron chi connectivity index (χ4n) is 1.93. The van der Waals surface area contributed by atoms with Gasteiger partial charge in [-0.2, -0.15) is 0 Å². The minimum absolute atomic E-state index is 0.0521. The van der Waals surface area contributed by atoms with Crippen LogP contribution >= 0.6 is 0 Å². The fraction of sp³-hybridized carbons (Fsp3) is 0.538. The lowest BCUT2D eigenvalue weighted by molar-refractivity contribution is -0.120. The van der Waals surface area contributed by atoms with Gasteiger partial charge in [0.15, 0.2) is 0 Å². The van der Waals surface area contributed by atoms with E-state index in [1.807, 2.05) is 12.1 Å². The van der Waals surface area contributed by atoms with Crippen molar-refractivity contribution in [2.75, 3.05) is 39.4 Å². The molecule has 0 aliphatic carbocycles. The Morgan fingerprint density at radius 2 is 2.28 bits per heavy atom. The van der Waals surface area contributed by atoms with E-state index in [-0.39, 0.29) is 5.91 Å². The van der Waals surface area contributed by atoms with Crippen molar-refractivity contribution in [3.63, 3.8) is 0 Å². The average Bonchev–Trinajstić information content (AvgIpc) is 2.41. The maximum atomic E-state index is 11.7. The van der Waals surface area contributed by atoms with Crippen LogP contribution < -0.4 is 5.32 Å². The van der Waals surface area contributed by atoms with Gasteiger partial charge in [-0.3, -0.25) is 14.7 Å². The zero-order chi connectivity index (χ0) is 12.6. The normalized spacial score (nSPS) is 16.4. The maximum Gasteiger partial charge on any atom is 0.224 e. The highest BCUT2D eigenvalue weighted by molar-refractivity contribution is 5.78. The molecule has 0 unspecified atom stereocenters. The van der Waals surface area contributed by atoms with Crippen molar-refractivity contribution in [2.24, 2.45) is 0 Å². The van der Waals surface area contributed by atoms with E-state index in [1.54, 1.807) is 12.4 Å². The maximum absolute atomic E-state index is 11.7. The first-order chi connectivity index (χ1) is 8.84. The minimum atomic E-state index is 0.0521. The second kappa shape index (κ2) is 7.08. The number of carbonyl (C=O) groups excluding carboxylic acids is 1. The molecule has 1 aromatic rings. The first-order valence-corrected chi connectivity index (χ1v) is 6.30. The lowest BCUT2D eigenvalue weighted by Crippen LogP contribution is -2.41. The summed E-state index contributed by atoms with van der Waals surface area (Å²) >= 11 is 0. The summed E-state index contributed by atoms with van der Waals surface area (Å²) < 4.78 is 5.27. The smallest absolute Gasteiger partial charge is 0.224 e. The summed E-state index contributed by atoms with van der Waals surface area (Å²) in [4.78, 5) is 18.0. The number of ether oxygens (including phenoxy) is 1. The molecule has 1 amide bonds. The molecule has 5 nitrogen and oxygen atoms in total. The Bertz CT molecular complexity index is 364. The molecule has 1 aromatic heterocycles. The average molecular weight is 249 g/mol. The monoisotopic (exact) mass is 249 g/mol.